The standard InChI is InChI=1S/C11H9N3O/c1-2-6-10-9(5-1)12-11(15-10)13-14-7-3-4-8-14/h1-8H,(H,12,13). The number of aromatic nitrogens is 2. The second kappa shape index (κ2) is 3.16. The van der Waals surface area contributed by atoms with Crippen molar-refractivity contribution in [2.24, 2.45) is 0 Å². The van der Waals surface area contributed by atoms with Crippen LogP contribution in [0.4, 0.5) is 6.01 Å². The van der Waals surface area contributed by atoms with Crippen LogP contribution < -0.4 is 5.43 Å². The molecule has 1 N–H and O–H groups in total. The molecule has 0 saturated carbocycles. The first-order chi connectivity index (χ1) is 7.42. The van der Waals surface area contributed by atoms with Crippen molar-refractivity contribution < 1.29 is 4.42 Å². The van der Waals surface area contributed by atoms with Crippen molar-refractivity contribution in [3.05, 3.63) is 48.8 Å². The van der Waals surface area contributed by atoms with Crippen molar-refractivity contribution in [2.45, 2.75) is 0 Å². The van der Waals surface area contributed by atoms with E-state index in [1.807, 2.05) is 48.8 Å². The van der Waals surface area contributed by atoms with Gasteiger partial charge in [0.05, 0.1) is 0 Å². The summed E-state index contributed by atoms with van der Waals surface area (Å²) >= 11 is 0. The van der Waals surface area contributed by atoms with Crippen molar-refractivity contribution in [3.63, 3.8) is 0 Å². The minimum Gasteiger partial charge on any atom is -0.422 e. The fourth-order valence-electron chi connectivity index (χ4n) is 1.44. The third-order valence-electron chi connectivity index (χ3n) is 2.12. The van der Waals surface area contributed by atoms with E-state index >= 15 is 0 Å². The maximum Gasteiger partial charge on any atom is 0.315 e. The summed E-state index contributed by atoms with van der Waals surface area (Å²) in [4.78, 5) is 4.29. The van der Waals surface area contributed by atoms with Gasteiger partial charge in [0.15, 0.2) is 5.58 Å². The van der Waals surface area contributed by atoms with Crippen LogP contribution in [0.3, 0.4) is 0 Å². The largest absolute Gasteiger partial charge is 0.422 e. The highest BCUT2D eigenvalue weighted by atomic mass is 16.4. The number of para-hydroxylation sites is 2. The van der Waals surface area contributed by atoms with Gasteiger partial charge in [-0.25, -0.2) is 5.43 Å². The maximum absolute atomic E-state index is 5.50. The first-order valence-electron chi connectivity index (χ1n) is 4.67. The van der Waals surface area contributed by atoms with Gasteiger partial charge in [-0.15, -0.1) is 0 Å². The zero-order valence-electron chi connectivity index (χ0n) is 7.92. The van der Waals surface area contributed by atoms with Gasteiger partial charge in [0.2, 0.25) is 0 Å². The van der Waals surface area contributed by atoms with Crippen molar-refractivity contribution in [3.8, 4) is 0 Å². The van der Waals surface area contributed by atoms with Crippen molar-refractivity contribution in [1.29, 1.82) is 0 Å². The van der Waals surface area contributed by atoms with E-state index < -0.39 is 0 Å². The molecule has 0 radical (unpaired) electrons. The van der Waals surface area contributed by atoms with Gasteiger partial charge in [-0.3, -0.25) is 4.68 Å². The monoisotopic (exact) mass is 199 g/mol. The normalized spacial score (nSPS) is 10.7. The SMILES string of the molecule is c1ccc2oc(Nn3cccc3)nc2c1. The number of fused-ring (bicyclic) bond motifs is 1. The van der Waals surface area contributed by atoms with E-state index in [1.165, 1.54) is 0 Å². The Morgan fingerprint density at radius 2 is 1.87 bits per heavy atom. The summed E-state index contributed by atoms with van der Waals surface area (Å²) in [5.74, 6) is 0. The third kappa shape index (κ3) is 1.46. The second-order valence-corrected chi connectivity index (χ2v) is 3.19. The lowest BCUT2D eigenvalue weighted by molar-refractivity contribution is 0.606. The van der Waals surface area contributed by atoms with Crippen LogP contribution in [-0.2, 0) is 0 Å². The molecular formula is C11H9N3O. The summed E-state index contributed by atoms with van der Waals surface area (Å²) in [6.45, 7) is 0. The molecule has 0 bridgehead atoms. The average molecular weight is 199 g/mol. The van der Waals surface area contributed by atoms with Crippen molar-refractivity contribution in [1.82, 2.24) is 9.66 Å². The third-order valence-corrected chi connectivity index (χ3v) is 2.12. The van der Waals surface area contributed by atoms with Crippen LogP contribution >= 0.6 is 0 Å². The average Bonchev–Trinajstić information content (AvgIpc) is 2.86. The van der Waals surface area contributed by atoms with Gasteiger partial charge >= 0.3 is 6.01 Å². The molecule has 2 aromatic heterocycles. The molecule has 3 rings (SSSR count). The molecular weight excluding hydrogens is 190 g/mol. The maximum atomic E-state index is 5.50. The lowest BCUT2D eigenvalue weighted by Crippen LogP contribution is -2.05. The molecule has 2 heterocycles. The highest BCUT2D eigenvalue weighted by molar-refractivity contribution is 5.74. The highest BCUT2D eigenvalue weighted by Gasteiger charge is 2.03. The number of rotatable bonds is 2. The number of hydrogen-bond acceptors (Lipinski definition) is 3. The van der Waals surface area contributed by atoms with Crippen LogP contribution in [0, 0.1) is 0 Å². The Hall–Kier alpha value is -2.23. The molecule has 4 nitrogen and oxygen atoms in total. The van der Waals surface area contributed by atoms with Gasteiger partial charge in [-0.05, 0) is 24.3 Å². The molecule has 15 heavy (non-hydrogen) atoms. The van der Waals surface area contributed by atoms with E-state index in [0.717, 1.165) is 11.1 Å². The molecule has 0 spiro atoms. The first kappa shape index (κ1) is 8.11. The molecule has 0 saturated heterocycles. The molecule has 0 aliphatic heterocycles. The van der Waals surface area contributed by atoms with E-state index in [9.17, 15) is 0 Å². The number of hydrogen-bond donors (Lipinski definition) is 1. The molecule has 0 fully saturated rings. The number of nitrogens with one attached hydrogen (secondary N) is 1. The summed E-state index contributed by atoms with van der Waals surface area (Å²) in [6, 6.07) is 12.0. The van der Waals surface area contributed by atoms with Crippen LogP contribution in [0.15, 0.2) is 53.2 Å². The van der Waals surface area contributed by atoms with Crippen molar-refractivity contribution in [2.75, 3.05) is 5.43 Å². The van der Waals surface area contributed by atoms with Gasteiger partial charge in [0, 0.05) is 12.4 Å². The summed E-state index contributed by atoms with van der Waals surface area (Å²) in [7, 11) is 0. The summed E-state index contributed by atoms with van der Waals surface area (Å²) in [5, 5.41) is 0. The molecule has 0 unspecified atom stereocenters. The predicted octanol–water partition coefficient (Wildman–Crippen LogP) is 2.50. The number of oxazole rings is 1. The van der Waals surface area contributed by atoms with Gasteiger partial charge in [0.25, 0.3) is 0 Å². The Labute approximate surface area is 86.1 Å². The summed E-state index contributed by atoms with van der Waals surface area (Å²) < 4.78 is 7.28. The Morgan fingerprint density at radius 3 is 2.67 bits per heavy atom. The van der Waals surface area contributed by atoms with E-state index in [4.69, 9.17) is 4.42 Å². The van der Waals surface area contributed by atoms with Crippen molar-refractivity contribution >= 4 is 17.1 Å². The second-order valence-electron chi connectivity index (χ2n) is 3.19. The summed E-state index contributed by atoms with van der Waals surface area (Å²) in [5.41, 5.74) is 4.65. The fourth-order valence-corrected chi connectivity index (χ4v) is 1.44. The van der Waals surface area contributed by atoms with E-state index in [2.05, 4.69) is 10.4 Å². The smallest absolute Gasteiger partial charge is 0.315 e. The van der Waals surface area contributed by atoms with Crippen LogP contribution in [-0.4, -0.2) is 9.66 Å². The Kier molecular flexibility index (Phi) is 1.71. The number of nitrogens with zero attached hydrogens (tertiary/aromatic N) is 2. The lowest BCUT2D eigenvalue weighted by atomic mass is 10.3. The topological polar surface area (TPSA) is 43.0 Å². The fraction of sp³-hybridized carbons (Fsp3) is 0. The van der Waals surface area contributed by atoms with E-state index in [1.54, 1.807) is 4.68 Å². The zero-order chi connectivity index (χ0) is 10.1. The van der Waals surface area contributed by atoms with E-state index in [-0.39, 0.29) is 0 Å². The molecule has 74 valence electrons. The van der Waals surface area contributed by atoms with Crippen LogP contribution in [0.1, 0.15) is 0 Å². The number of anilines is 1. The minimum absolute atomic E-state index is 0.493. The Bertz CT molecular complexity index is 535. The molecule has 0 amide bonds. The molecule has 3 aromatic rings. The quantitative estimate of drug-likeness (QED) is 0.689. The lowest BCUT2D eigenvalue weighted by Gasteiger charge is -2.00. The van der Waals surface area contributed by atoms with Gasteiger partial charge in [-0.2, -0.15) is 4.98 Å². The highest BCUT2D eigenvalue weighted by Crippen LogP contribution is 2.17. The minimum atomic E-state index is 0.493. The van der Waals surface area contributed by atoms with Crippen LogP contribution in [0.5, 0.6) is 0 Å². The van der Waals surface area contributed by atoms with Crippen LogP contribution in [0.2, 0.25) is 0 Å². The van der Waals surface area contributed by atoms with Gasteiger partial charge in [-0.1, -0.05) is 12.1 Å². The molecule has 0 aliphatic rings. The molecule has 4 heteroatoms. The van der Waals surface area contributed by atoms with Crippen LogP contribution in [0.25, 0.3) is 11.1 Å². The first-order valence-corrected chi connectivity index (χ1v) is 4.67. The number of benzene rings is 1. The molecule has 1 aromatic carbocycles. The van der Waals surface area contributed by atoms with E-state index in [0.29, 0.717) is 6.01 Å². The predicted molar refractivity (Wildman–Crippen MR) is 57.5 cm³/mol. The molecule has 0 aliphatic carbocycles. The Morgan fingerprint density at radius 1 is 1.07 bits per heavy atom. The molecule has 0 atom stereocenters. The summed E-state index contributed by atoms with van der Waals surface area (Å²) in [6.07, 6.45) is 3.77. The Balaban J connectivity index is 1.98. The zero-order valence-corrected chi connectivity index (χ0v) is 7.92. The van der Waals surface area contributed by atoms with Gasteiger partial charge in [0.1, 0.15) is 5.52 Å². The van der Waals surface area contributed by atoms with Gasteiger partial charge < -0.3 is 4.42 Å².